The van der Waals surface area contributed by atoms with Crippen molar-refractivity contribution in [2.24, 2.45) is 5.73 Å². The summed E-state index contributed by atoms with van der Waals surface area (Å²) in [6.07, 6.45) is 0. The van der Waals surface area contributed by atoms with Gasteiger partial charge in [-0.2, -0.15) is 0 Å². The number of carbonyl (C=O) groups is 2. The topological polar surface area (TPSA) is 66.6 Å². The molecule has 2 N–H and O–H groups in total. The van der Waals surface area contributed by atoms with Crippen molar-refractivity contribution in [3.8, 4) is 0 Å². The molecule has 0 aromatic carbocycles. The van der Waals surface area contributed by atoms with Crippen LogP contribution in [0, 0.1) is 0 Å². The number of hydrogen-bond donors (Lipinski definition) is 1. The van der Waals surface area contributed by atoms with Gasteiger partial charge in [0.25, 0.3) is 5.91 Å². The summed E-state index contributed by atoms with van der Waals surface area (Å²) in [6.45, 7) is 5.65. The maximum absolute atomic E-state index is 12.1. The third-order valence-electron chi connectivity index (χ3n) is 3.14. The smallest absolute Gasteiger partial charge is 0.264 e. The molecule has 5 nitrogen and oxygen atoms in total. The Morgan fingerprint density at radius 1 is 1.21 bits per heavy atom. The number of nitrogens with two attached hydrogens (primary N) is 1. The third-order valence-corrected chi connectivity index (χ3v) is 4.00. The van der Waals surface area contributed by atoms with Gasteiger partial charge in [0.15, 0.2) is 0 Å². The van der Waals surface area contributed by atoms with Crippen LogP contribution in [0.3, 0.4) is 0 Å². The fourth-order valence-corrected chi connectivity index (χ4v) is 2.77. The van der Waals surface area contributed by atoms with Crippen LogP contribution in [0.15, 0.2) is 17.5 Å². The fourth-order valence-electron chi connectivity index (χ4n) is 2.08. The van der Waals surface area contributed by atoms with Crippen molar-refractivity contribution >= 4 is 23.2 Å². The van der Waals surface area contributed by atoms with Gasteiger partial charge in [0.2, 0.25) is 5.91 Å². The molecule has 104 valence electrons. The van der Waals surface area contributed by atoms with E-state index in [1.807, 2.05) is 17.5 Å². The van der Waals surface area contributed by atoms with Crippen LogP contribution in [0.5, 0.6) is 0 Å². The summed E-state index contributed by atoms with van der Waals surface area (Å²) in [4.78, 5) is 28.4. The van der Waals surface area contributed by atoms with E-state index in [0.717, 1.165) is 4.88 Å². The second-order valence-corrected chi connectivity index (χ2v) is 6.23. The number of thiophene rings is 1. The highest BCUT2D eigenvalue weighted by Gasteiger charge is 2.31. The quantitative estimate of drug-likeness (QED) is 0.870. The minimum absolute atomic E-state index is 0.0501. The van der Waals surface area contributed by atoms with Crippen molar-refractivity contribution in [3.05, 3.63) is 22.4 Å². The molecule has 1 aromatic rings. The Morgan fingerprint density at radius 2 is 1.79 bits per heavy atom. The predicted molar refractivity (Wildman–Crippen MR) is 75.1 cm³/mol. The molecule has 0 unspecified atom stereocenters. The first-order chi connectivity index (χ1) is 8.89. The monoisotopic (exact) mass is 281 g/mol. The summed E-state index contributed by atoms with van der Waals surface area (Å²) in [6, 6.07) is 3.70. The standard InChI is InChI=1S/C13H19N3O2S/c1-13(2,14)12(18)16-7-5-15(6-8-16)11(17)10-4-3-9-19-10/h3-4,9H,5-8,14H2,1-2H3. The Morgan fingerprint density at radius 3 is 2.26 bits per heavy atom. The van der Waals surface area contributed by atoms with Crippen LogP contribution in [0.2, 0.25) is 0 Å². The average Bonchev–Trinajstić information content (AvgIpc) is 2.90. The Kier molecular flexibility index (Phi) is 3.91. The fraction of sp³-hybridized carbons (Fsp3) is 0.538. The molecule has 0 saturated carbocycles. The SMILES string of the molecule is CC(C)(N)C(=O)N1CCN(C(=O)c2cccs2)CC1. The van der Waals surface area contributed by atoms with Gasteiger partial charge in [0, 0.05) is 26.2 Å². The third kappa shape index (κ3) is 3.13. The Labute approximate surface area is 117 Å². The Hall–Kier alpha value is -1.40. The first-order valence-electron chi connectivity index (χ1n) is 6.30. The summed E-state index contributed by atoms with van der Waals surface area (Å²) >= 11 is 1.44. The summed E-state index contributed by atoms with van der Waals surface area (Å²) < 4.78 is 0. The largest absolute Gasteiger partial charge is 0.338 e. The van der Waals surface area contributed by atoms with Crippen molar-refractivity contribution in [2.75, 3.05) is 26.2 Å². The van der Waals surface area contributed by atoms with E-state index >= 15 is 0 Å². The predicted octanol–water partition coefficient (Wildman–Crippen LogP) is 0.770. The van der Waals surface area contributed by atoms with Crippen molar-refractivity contribution in [3.63, 3.8) is 0 Å². The zero-order valence-electron chi connectivity index (χ0n) is 11.3. The van der Waals surface area contributed by atoms with Gasteiger partial charge in [0.05, 0.1) is 10.4 Å². The van der Waals surface area contributed by atoms with Gasteiger partial charge in [-0.15, -0.1) is 11.3 Å². The first kappa shape index (κ1) is 14.0. The van der Waals surface area contributed by atoms with Crippen LogP contribution in [-0.2, 0) is 4.79 Å². The zero-order chi connectivity index (χ0) is 14.0. The molecule has 1 aliphatic heterocycles. The molecule has 1 aromatic heterocycles. The molecule has 0 radical (unpaired) electrons. The van der Waals surface area contributed by atoms with Crippen LogP contribution in [-0.4, -0.2) is 53.3 Å². The number of hydrogen-bond acceptors (Lipinski definition) is 4. The van der Waals surface area contributed by atoms with Crippen LogP contribution >= 0.6 is 11.3 Å². The zero-order valence-corrected chi connectivity index (χ0v) is 12.1. The number of rotatable bonds is 2. The number of nitrogens with zero attached hydrogens (tertiary/aromatic N) is 2. The molecular weight excluding hydrogens is 262 g/mol. The van der Waals surface area contributed by atoms with Crippen molar-refractivity contribution in [2.45, 2.75) is 19.4 Å². The van der Waals surface area contributed by atoms with Gasteiger partial charge in [-0.25, -0.2) is 0 Å². The van der Waals surface area contributed by atoms with E-state index in [-0.39, 0.29) is 11.8 Å². The van der Waals surface area contributed by atoms with Gasteiger partial charge < -0.3 is 15.5 Å². The molecule has 0 aliphatic carbocycles. The molecule has 2 heterocycles. The van der Waals surface area contributed by atoms with Crippen LogP contribution < -0.4 is 5.73 Å². The van der Waals surface area contributed by atoms with Gasteiger partial charge >= 0.3 is 0 Å². The van der Waals surface area contributed by atoms with Gasteiger partial charge in [-0.1, -0.05) is 6.07 Å². The van der Waals surface area contributed by atoms with Crippen molar-refractivity contribution in [1.29, 1.82) is 0 Å². The molecule has 0 bridgehead atoms. The van der Waals surface area contributed by atoms with E-state index in [2.05, 4.69) is 0 Å². The van der Waals surface area contributed by atoms with Gasteiger partial charge in [-0.3, -0.25) is 9.59 Å². The molecule has 1 aliphatic rings. The number of carbonyl (C=O) groups excluding carboxylic acids is 2. The molecule has 0 spiro atoms. The summed E-state index contributed by atoms with van der Waals surface area (Å²) in [5, 5.41) is 1.89. The van der Waals surface area contributed by atoms with Gasteiger partial charge in [0.1, 0.15) is 0 Å². The van der Waals surface area contributed by atoms with Crippen LogP contribution in [0.1, 0.15) is 23.5 Å². The second-order valence-electron chi connectivity index (χ2n) is 5.28. The highest BCUT2D eigenvalue weighted by molar-refractivity contribution is 7.12. The van der Waals surface area contributed by atoms with E-state index in [1.54, 1.807) is 23.6 Å². The summed E-state index contributed by atoms with van der Waals surface area (Å²) in [7, 11) is 0. The first-order valence-corrected chi connectivity index (χ1v) is 7.18. The lowest BCUT2D eigenvalue weighted by molar-refractivity contribution is -0.137. The molecule has 19 heavy (non-hydrogen) atoms. The minimum atomic E-state index is -0.847. The van der Waals surface area contributed by atoms with E-state index in [0.29, 0.717) is 26.2 Å². The lowest BCUT2D eigenvalue weighted by Crippen LogP contribution is -2.57. The normalized spacial score (nSPS) is 16.6. The highest BCUT2D eigenvalue weighted by Crippen LogP contribution is 2.15. The Bertz CT molecular complexity index is 457. The number of amides is 2. The van der Waals surface area contributed by atoms with Gasteiger partial charge in [-0.05, 0) is 25.3 Å². The summed E-state index contributed by atoms with van der Waals surface area (Å²) in [5.41, 5.74) is 4.96. The molecule has 0 atom stereocenters. The number of piperazine rings is 1. The minimum Gasteiger partial charge on any atom is -0.338 e. The van der Waals surface area contributed by atoms with E-state index in [4.69, 9.17) is 5.73 Å². The van der Waals surface area contributed by atoms with E-state index in [9.17, 15) is 9.59 Å². The molecule has 2 amide bonds. The van der Waals surface area contributed by atoms with E-state index < -0.39 is 5.54 Å². The Balaban J connectivity index is 1.93. The lowest BCUT2D eigenvalue weighted by Gasteiger charge is -2.37. The average molecular weight is 281 g/mol. The molecule has 6 heteroatoms. The molecular formula is C13H19N3O2S. The highest BCUT2D eigenvalue weighted by atomic mass is 32.1. The molecule has 1 saturated heterocycles. The lowest BCUT2D eigenvalue weighted by atomic mass is 10.0. The van der Waals surface area contributed by atoms with Crippen LogP contribution in [0.25, 0.3) is 0 Å². The maximum Gasteiger partial charge on any atom is 0.264 e. The van der Waals surface area contributed by atoms with Crippen molar-refractivity contribution < 1.29 is 9.59 Å². The molecule has 1 fully saturated rings. The maximum atomic E-state index is 12.1. The second kappa shape index (κ2) is 5.30. The van der Waals surface area contributed by atoms with E-state index in [1.165, 1.54) is 11.3 Å². The summed E-state index contributed by atoms with van der Waals surface area (Å²) in [5.74, 6) is -0.00942. The molecule has 2 rings (SSSR count). The van der Waals surface area contributed by atoms with Crippen molar-refractivity contribution in [1.82, 2.24) is 9.80 Å². The van der Waals surface area contributed by atoms with Crippen LogP contribution in [0.4, 0.5) is 0 Å².